The van der Waals surface area contributed by atoms with Crippen LogP contribution in [0.15, 0.2) is 90.3 Å². The SMILES string of the molecule is COC(=O)[C@H](Cc1ccccc1)NC(=O)NCc1ccc([C@H]2O[C@@H](CSc3nncn3C)[C@@H](C)[C@@H](c3ccc(CO)cc3)O2)cc1. The van der Waals surface area contributed by atoms with Crippen molar-refractivity contribution in [2.45, 2.75) is 56.2 Å². The Morgan fingerprint density at radius 3 is 2.33 bits per heavy atom. The highest BCUT2D eigenvalue weighted by molar-refractivity contribution is 7.99. The highest BCUT2D eigenvalue weighted by Gasteiger charge is 2.38. The summed E-state index contributed by atoms with van der Waals surface area (Å²) < 4.78 is 19.8. The lowest BCUT2D eigenvalue weighted by Crippen LogP contribution is -2.47. The number of nitrogens with zero attached hydrogens (tertiary/aromatic N) is 3. The number of carbonyl (C=O) groups excluding carboxylic acids is 2. The summed E-state index contributed by atoms with van der Waals surface area (Å²) in [6.07, 6.45) is 0.993. The molecule has 1 fully saturated rings. The first kappa shape index (κ1) is 33.1. The molecule has 0 aliphatic carbocycles. The molecule has 0 bridgehead atoms. The highest BCUT2D eigenvalue weighted by atomic mass is 32.2. The van der Waals surface area contributed by atoms with Crippen LogP contribution >= 0.6 is 11.8 Å². The third-order valence-electron chi connectivity index (χ3n) is 7.95. The summed E-state index contributed by atoms with van der Waals surface area (Å²) in [5, 5.41) is 24.0. The Balaban J connectivity index is 1.23. The number of ether oxygens (including phenoxy) is 3. The number of hydrogen-bond acceptors (Lipinski definition) is 9. The van der Waals surface area contributed by atoms with E-state index >= 15 is 0 Å². The fourth-order valence-corrected chi connectivity index (χ4v) is 6.29. The standard InChI is InChI=1S/C34H39N5O6S/c1-22-29(20-46-34-38-36-21-39(34)2)44-32(45-30(22)26-13-11-25(19-40)12-14-26)27-15-9-24(10-16-27)18-35-33(42)37-28(31(41)43-3)17-23-7-5-4-6-8-23/h4-16,21-22,28-30,32,40H,17-20H2,1-3H3,(H2,35,37,42)/t22-,28+,29+,30+,32+/m1/s1. The largest absolute Gasteiger partial charge is 0.467 e. The number of thioether (sulfide) groups is 1. The van der Waals surface area contributed by atoms with Gasteiger partial charge in [-0.2, -0.15) is 0 Å². The topological polar surface area (TPSA) is 137 Å². The number of rotatable bonds is 12. The lowest BCUT2D eigenvalue weighted by molar-refractivity contribution is -0.268. The highest BCUT2D eigenvalue weighted by Crippen LogP contribution is 2.42. The fourth-order valence-electron chi connectivity index (χ4n) is 5.24. The van der Waals surface area contributed by atoms with Crippen molar-refractivity contribution in [1.82, 2.24) is 25.4 Å². The Hall–Kier alpha value is -4.23. The van der Waals surface area contributed by atoms with Crippen LogP contribution in [0, 0.1) is 5.92 Å². The predicted molar refractivity (Wildman–Crippen MR) is 172 cm³/mol. The number of aryl methyl sites for hydroxylation is 1. The van der Waals surface area contributed by atoms with Crippen LogP contribution in [0.25, 0.3) is 0 Å². The van der Waals surface area contributed by atoms with Gasteiger partial charge in [0.15, 0.2) is 11.4 Å². The molecule has 1 aliphatic heterocycles. The average molecular weight is 646 g/mol. The van der Waals surface area contributed by atoms with E-state index in [0.29, 0.717) is 12.2 Å². The van der Waals surface area contributed by atoms with Crippen LogP contribution < -0.4 is 10.6 Å². The second-order valence-electron chi connectivity index (χ2n) is 11.2. The molecule has 1 aromatic heterocycles. The molecular weight excluding hydrogens is 606 g/mol. The van der Waals surface area contributed by atoms with Gasteiger partial charge in [-0.1, -0.05) is 97.5 Å². The molecule has 0 saturated carbocycles. The molecule has 5 rings (SSSR count). The summed E-state index contributed by atoms with van der Waals surface area (Å²) in [5.74, 6) is 0.183. The van der Waals surface area contributed by atoms with Crippen molar-refractivity contribution in [2.75, 3.05) is 12.9 Å². The molecule has 3 N–H and O–H groups in total. The van der Waals surface area contributed by atoms with E-state index in [4.69, 9.17) is 14.2 Å². The maximum Gasteiger partial charge on any atom is 0.328 e. The van der Waals surface area contributed by atoms with Gasteiger partial charge in [0, 0.05) is 37.2 Å². The van der Waals surface area contributed by atoms with Crippen LogP contribution in [0.4, 0.5) is 4.79 Å². The number of urea groups is 1. The lowest BCUT2D eigenvalue weighted by atomic mass is 9.91. The first-order valence-electron chi connectivity index (χ1n) is 15.1. The number of aromatic nitrogens is 3. The number of aliphatic hydroxyl groups is 1. The van der Waals surface area contributed by atoms with Crippen molar-refractivity contribution in [3.63, 3.8) is 0 Å². The molecular formula is C34H39N5O6S. The van der Waals surface area contributed by atoms with Crippen molar-refractivity contribution < 1.29 is 28.9 Å². The van der Waals surface area contributed by atoms with Crippen LogP contribution in [-0.4, -0.2) is 56.9 Å². The minimum Gasteiger partial charge on any atom is -0.467 e. The summed E-state index contributed by atoms with van der Waals surface area (Å²) in [6.45, 7) is 2.35. The Kier molecular flexibility index (Phi) is 11.4. The zero-order chi connectivity index (χ0) is 32.5. The van der Waals surface area contributed by atoms with E-state index in [1.165, 1.54) is 7.11 Å². The number of nitrogens with one attached hydrogen (secondary N) is 2. The monoisotopic (exact) mass is 645 g/mol. The van der Waals surface area contributed by atoms with E-state index in [9.17, 15) is 14.7 Å². The molecule has 0 unspecified atom stereocenters. The van der Waals surface area contributed by atoms with Crippen LogP contribution in [0.2, 0.25) is 0 Å². The van der Waals surface area contributed by atoms with Crippen molar-refractivity contribution in [2.24, 2.45) is 13.0 Å². The van der Waals surface area contributed by atoms with Crippen LogP contribution in [-0.2, 0) is 45.6 Å². The number of benzene rings is 3. The number of aliphatic hydroxyl groups excluding tert-OH is 1. The normalized spacial score (nSPS) is 20.1. The summed E-state index contributed by atoms with van der Waals surface area (Å²) in [4.78, 5) is 25.0. The molecule has 12 heteroatoms. The van der Waals surface area contributed by atoms with Crippen LogP contribution in [0.5, 0.6) is 0 Å². The first-order chi connectivity index (χ1) is 22.3. The summed E-state index contributed by atoms with van der Waals surface area (Å²) in [6, 6.07) is 23.7. The first-order valence-corrected chi connectivity index (χ1v) is 16.1. The summed E-state index contributed by atoms with van der Waals surface area (Å²) >= 11 is 1.58. The van der Waals surface area contributed by atoms with Gasteiger partial charge in [0.1, 0.15) is 12.4 Å². The molecule has 0 radical (unpaired) electrons. The van der Waals surface area contributed by atoms with Gasteiger partial charge in [-0.05, 0) is 22.3 Å². The second-order valence-corrected chi connectivity index (χ2v) is 12.2. The number of esters is 1. The maximum atomic E-state index is 12.7. The predicted octanol–water partition coefficient (Wildman–Crippen LogP) is 4.47. The smallest absolute Gasteiger partial charge is 0.328 e. The van der Waals surface area contributed by atoms with Gasteiger partial charge in [-0.3, -0.25) is 0 Å². The molecule has 1 saturated heterocycles. The molecule has 242 valence electrons. The van der Waals surface area contributed by atoms with E-state index in [2.05, 4.69) is 27.8 Å². The zero-order valence-electron chi connectivity index (χ0n) is 26.0. The maximum absolute atomic E-state index is 12.7. The van der Waals surface area contributed by atoms with Gasteiger partial charge in [0.2, 0.25) is 0 Å². The molecule has 11 nitrogen and oxygen atoms in total. The Bertz CT molecular complexity index is 1570. The number of carbonyl (C=O) groups is 2. The van der Waals surface area contributed by atoms with Gasteiger partial charge >= 0.3 is 12.0 Å². The Morgan fingerprint density at radius 1 is 0.978 bits per heavy atom. The molecule has 5 atom stereocenters. The molecule has 4 aromatic rings. The third-order valence-corrected chi connectivity index (χ3v) is 9.07. The van der Waals surface area contributed by atoms with Gasteiger partial charge < -0.3 is 34.5 Å². The van der Waals surface area contributed by atoms with Gasteiger partial charge in [0.25, 0.3) is 0 Å². The van der Waals surface area contributed by atoms with E-state index in [-0.39, 0.29) is 31.3 Å². The van der Waals surface area contributed by atoms with Crippen LogP contribution in [0.3, 0.4) is 0 Å². The minimum absolute atomic E-state index is 0.0214. The number of amides is 2. The van der Waals surface area contributed by atoms with Crippen molar-refractivity contribution >= 4 is 23.8 Å². The lowest BCUT2D eigenvalue weighted by Gasteiger charge is -2.41. The van der Waals surface area contributed by atoms with Gasteiger partial charge in [0.05, 0.1) is 25.9 Å². The number of methoxy groups -OCH3 is 1. The average Bonchev–Trinajstić information content (AvgIpc) is 3.51. The van der Waals surface area contributed by atoms with Crippen molar-refractivity contribution in [3.8, 4) is 0 Å². The number of hydrogen-bond donors (Lipinski definition) is 3. The summed E-state index contributed by atoms with van der Waals surface area (Å²) in [5.41, 5.74) is 4.47. The molecule has 2 heterocycles. The quantitative estimate of drug-likeness (QED) is 0.151. The van der Waals surface area contributed by atoms with Crippen molar-refractivity contribution in [3.05, 3.63) is 113 Å². The Labute approximate surface area is 272 Å². The molecule has 3 aromatic carbocycles. The molecule has 2 amide bonds. The van der Waals surface area contributed by atoms with Crippen LogP contribution in [0.1, 0.15) is 47.1 Å². The Morgan fingerprint density at radius 2 is 1.67 bits per heavy atom. The molecule has 46 heavy (non-hydrogen) atoms. The van der Waals surface area contributed by atoms with Gasteiger partial charge in [-0.25, -0.2) is 9.59 Å². The summed E-state index contributed by atoms with van der Waals surface area (Å²) in [7, 11) is 3.21. The molecule has 0 spiro atoms. The van der Waals surface area contributed by atoms with E-state index in [1.54, 1.807) is 18.1 Å². The van der Waals surface area contributed by atoms with Gasteiger partial charge in [-0.15, -0.1) is 10.2 Å². The van der Waals surface area contributed by atoms with Crippen molar-refractivity contribution in [1.29, 1.82) is 0 Å². The second kappa shape index (κ2) is 15.9. The third kappa shape index (κ3) is 8.52. The van der Waals surface area contributed by atoms with E-state index in [1.807, 2.05) is 90.5 Å². The minimum atomic E-state index is -0.815. The fraction of sp³-hybridized carbons (Fsp3) is 0.353. The van der Waals surface area contributed by atoms with E-state index in [0.717, 1.165) is 33.0 Å². The molecule has 1 aliphatic rings. The zero-order valence-corrected chi connectivity index (χ0v) is 26.9. The van der Waals surface area contributed by atoms with E-state index < -0.39 is 24.3 Å².